The van der Waals surface area contributed by atoms with E-state index in [1.54, 1.807) is 12.1 Å². The summed E-state index contributed by atoms with van der Waals surface area (Å²) < 4.78 is 7.76. The van der Waals surface area contributed by atoms with Crippen molar-refractivity contribution in [1.29, 1.82) is 0 Å². The number of carbonyl (C=O) groups excluding carboxylic acids is 1. The van der Waals surface area contributed by atoms with Crippen LogP contribution in [0, 0.1) is 0 Å². The molecule has 0 saturated carbocycles. The Hall–Kier alpha value is -3.16. The van der Waals surface area contributed by atoms with Crippen molar-refractivity contribution in [1.82, 2.24) is 20.0 Å². The van der Waals surface area contributed by atoms with E-state index in [4.69, 9.17) is 4.74 Å². The average molecular weight is 461 g/mol. The van der Waals surface area contributed by atoms with Crippen molar-refractivity contribution in [2.24, 2.45) is 0 Å². The average Bonchev–Trinajstić information content (AvgIpc) is 3.18. The van der Waals surface area contributed by atoms with Crippen LogP contribution in [0.15, 0.2) is 60.2 Å². The van der Waals surface area contributed by atoms with E-state index in [0.29, 0.717) is 25.5 Å². The van der Waals surface area contributed by atoms with Crippen LogP contribution < -0.4 is 5.32 Å². The third-order valence-corrected chi connectivity index (χ3v) is 6.85. The van der Waals surface area contributed by atoms with E-state index in [-0.39, 0.29) is 29.8 Å². The topological polar surface area (TPSA) is 79.6 Å². The van der Waals surface area contributed by atoms with Crippen LogP contribution in [-0.2, 0) is 17.8 Å². The highest BCUT2D eigenvalue weighted by atomic mass is 16.5. The number of nitrogens with zero attached hydrogens (tertiary/aromatic N) is 3. The third kappa shape index (κ3) is 4.72. The fourth-order valence-electron chi connectivity index (χ4n) is 5.14. The first kappa shape index (κ1) is 22.6. The number of aromatic hydroxyl groups is 1. The molecule has 2 aliphatic heterocycles. The number of phenols is 1. The van der Waals surface area contributed by atoms with Gasteiger partial charge in [0.05, 0.1) is 25.3 Å². The fraction of sp³-hybridized carbons (Fsp3) is 0.407. The molecule has 3 aromatic rings. The van der Waals surface area contributed by atoms with Crippen LogP contribution in [0.1, 0.15) is 42.7 Å². The highest BCUT2D eigenvalue weighted by Crippen LogP contribution is 2.30. The van der Waals surface area contributed by atoms with E-state index < -0.39 is 0 Å². The zero-order chi connectivity index (χ0) is 23.7. The highest BCUT2D eigenvalue weighted by Gasteiger charge is 2.39. The van der Waals surface area contributed by atoms with E-state index in [9.17, 15) is 9.90 Å². The molecule has 7 nitrogen and oxygen atoms in total. The molecule has 7 heteroatoms. The minimum atomic E-state index is -0.108. The van der Waals surface area contributed by atoms with Crippen LogP contribution in [0.25, 0.3) is 10.9 Å². The number of rotatable bonds is 6. The summed E-state index contributed by atoms with van der Waals surface area (Å²) in [5, 5.41) is 18.4. The number of aromatic nitrogens is 2. The summed E-state index contributed by atoms with van der Waals surface area (Å²) in [6, 6.07) is 15.9. The van der Waals surface area contributed by atoms with Crippen molar-refractivity contribution in [3.8, 4) is 5.75 Å². The quantitative estimate of drug-likeness (QED) is 0.546. The van der Waals surface area contributed by atoms with E-state index in [1.807, 2.05) is 41.1 Å². The second kappa shape index (κ2) is 9.60. The monoisotopic (exact) mass is 460 g/mol. The Bertz CT molecular complexity index is 1180. The molecule has 2 fully saturated rings. The normalized spacial score (nSPS) is 22.5. The molecular formula is C27H32N4O3. The van der Waals surface area contributed by atoms with Gasteiger partial charge in [-0.25, -0.2) is 0 Å². The molecule has 2 aromatic carbocycles. The van der Waals surface area contributed by atoms with Gasteiger partial charge in [0, 0.05) is 30.1 Å². The number of fused-ring (bicyclic) bond motifs is 3. The molecule has 178 valence electrons. The van der Waals surface area contributed by atoms with Crippen LogP contribution in [0.5, 0.6) is 5.75 Å². The van der Waals surface area contributed by atoms with Crippen LogP contribution in [0.2, 0.25) is 0 Å². The Morgan fingerprint density at radius 1 is 1.12 bits per heavy atom. The lowest BCUT2D eigenvalue weighted by atomic mass is 9.89. The number of hydrogen-bond donors (Lipinski definition) is 2. The number of piperidine rings is 1. The molecule has 2 saturated heterocycles. The number of para-hydroxylation sites is 1. The molecule has 0 spiro atoms. The predicted octanol–water partition coefficient (Wildman–Crippen LogP) is 3.87. The van der Waals surface area contributed by atoms with Crippen LogP contribution >= 0.6 is 0 Å². The summed E-state index contributed by atoms with van der Waals surface area (Å²) in [5.41, 5.74) is 3.86. The minimum Gasteiger partial charge on any atom is -0.508 e. The lowest BCUT2D eigenvalue weighted by Gasteiger charge is -2.48. The molecule has 0 aliphatic carbocycles. The molecule has 1 aromatic heterocycles. The standard InChI is InChI=1S/C27H32N4O3/c1-18(2)11-12-31-25-6-4-3-5-24(25)26(29-31)27(33)28-20-13-21-16-34-17-22(14-20)30(21)15-19-7-9-23(32)10-8-19/h3-11,20-22,32H,12-17H2,1-2H3,(H,28,33)/t20?,21-,22+. The second-order valence-corrected chi connectivity index (χ2v) is 9.66. The van der Waals surface area contributed by atoms with Gasteiger partial charge in [0.25, 0.3) is 5.91 Å². The minimum absolute atomic E-state index is 0.0872. The van der Waals surface area contributed by atoms with Gasteiger partial charge in [-0.1, -0.05) is 42.0 Å². The summed E-state index contributed by atoms with van der Waals surface area (Å²) in [5.74, 6) is 0.174. The van der Waals surface area contributed by atoms with Gasteiger partial charge in [-0.2, -0.15) is 5.10 Å². The molecule has 1 amide bonds. The van der Waals surface area contributed by atoms with Gasteiger partial charge in [0.1, 0.15) is 5.75 Å². The van der Waals surface area contributed by atoms with Gasteiger partial charge in [0.15, 0.2) is 5.69 Å². The zero-order valence-corrected chi connectivity index (χ0v) is 19.8. The van der Waals surface area contributed by atoms with Gasteiger partial charge in [0.2, 0.25) is 0 Å². The lowest BCUT2D eigenvalue weighted by molar-refractivity contribution is -0.0843. The molecule has 0 radical (unpaired) electrons. The lowest BCUT2D eigenvalue weighted by Crippen LogP contribution is -2.60. The van der Waals surface area contributed by atoms with Crippen LogP contribution in [-0.4, -0.2) is 57.0 Å². The van der Waals surface area contributed by atoms with Crippen molar-refractivity contribution in [3.63, 3.8) is 0 Å². The number of phenolic OH excluding ortho intramolecular Hbond substituents is 1. The maximum Gasteiger partial charge on any atom is 0.272 e. The van der Waals surface area contributed by atoms with Crippen LogP contribution in [0.4, 0.5) is 0 Å². The van der Waals surface area contributed by atoms with Gasteiger partial charge >= 0.3 is 0 Å². The predicted molar refractivity (Wildman–Crippen MR) is 132 cm³/mol. The SMILES string of the molecule is CC(C)=CCn1nc(C(=O)NC2C[C@H]3COC[C@@H](C2)N3Cc2ccc(O)cc2)c2ccccc21. The smallest absolute Gasteiger partial charge is 0.272 e. The first-order valence-corrected chi connectivity index (χ1v) is 12.0. The largest absolute Gasteiger partial charge is 0.508 e. The molecule has 2 aliphatic rings. The van der Waals surface area contributed by atoms with Crippen molar-refractivity contribution in [3.05, 3.63) is 71.4 Å². The molecule has 5 rings (SSSR count). The van der Waals surface area contributed by atoms with Crippen molar-refractivity contribution < 1.29 is 14.6 Å². The van der Waals surface area contributed by atoms with Gasteiger partial charge in [-0.15, -0.1) is 0 Å². The van der Waals surface area contributed by atoms with Crippen molar-refractivity contribution in [2.45, 2.75) is 57.9 Å². The third-order valence-electron chi connectivity index (χ3n) is 6.85. The Morgan fingerprint density at radius 2 is 1.82 bits per heavy atom. The first-order valence-electron chi connectivity index (χ1n) is 12.0. The summed E-state index contributed by atoms with van der Waals surface area (Å²) in [6.45, 7) is 6.93. The Labute approximate surface area is 200 Å². The number of carbonyl (C=O) groups is 1. The van der Waals surface area contributed by atoms with Gasteiger partial charge in [-0.05, 0) is 50.5 Å². The van der Waals surface area contributed by atoms with E-state index in [1.165, 1.54) is 11.1 Å². The number of benzene rings is 2. The molecular weight excluding hydrogens is 428 g/mol. The zero-order valence-electron chi connectivity index (χ0n) is 19.8. The van der Waals surface area contributed by atoms with E-state index in [2.05, 4.69) is 35.2 Å². The number of nitrogens with one attached hydrogen (secondary N) is 1. The van der Waals surface area contributed by atoms with Crippen molar-refractivity contribution in [2.75, 3.05) is 13.2 Å². The fourth-order valence-corrected chi connectivity index (χ4v) is 5.14. The van der Waals surface area contributed by atoms with Gasteiger partial charge < -0.3 is 15.2 Å². The number of hydrogen-bond acceptors (Lipinski definition) is 5. The number of allylic oxidation sites excluding steroid dienone is 2. The summed E-state index contributed by atoms with van der Waals surface area (Å²) >= 11 is 0. The Kier molecular flexibility index (Phi) is 6.39. The Balaban J connectivity index is 1.30. The second-order valence-electron chi connectivity index (χ2n) is 9.66. The Morgan fingerprint density at radius 3 is 2.53 bits per heavy atom. The molecule has 2 bridgehead atoms. The maximum absolute atomic E-state index is 13.3. The molecule has 1 unspecified atom stereocenters. The number of morpholine rings is 1. The molecule has 3 heterocycles. The van der Waals surface area contributed by atoms with E-state index in [0.717, 1.165) is 30.3 Å². The molecule has 3 atom stereocenters. The maximum atomic E-state index is 13.3. The van der Waals surface area contributed by atoms with E-state index >= 15 is 0 Å². The van der Waals surface area contributed by atoms with Crippen LogP contribution in [0.3, 0.4) is 0 Å². The summed E-state index contributed by atoms with van der Waals surface area (Å²) in [7, 11) is 0. The number of amides is 1. The molecule has 2 N–H and O–H groups in total. The molecule has 34 heavy (non-hydrogen) atoms. The number of ether oxygens (including phenoxy) is 1. The van der Waals surface area contributed by atoms with Crippen molar-refractivity contribution >= 4 is 16.8 Å². The van der Waals surface area contributed by atoms with Gasteiger partial charge in [-0.3, -0.25) is 14.4 Å². The first-order chi connectivity index (χ1) is 16.5. The highest BCUT2D eigenvalue weighted by molar-refractivity contribution is 6.05. The summed E-state index contributed by atoms with van der Waals surface area (Å²) in [6.07, 6.45) is 3.81. The summed E-state index contributed by atoms with van der Waals surface area (Å²) in [4.78, 5) is 15.8.